The fraction of sp³-hybridized carbons (Fsp3) is 0.286. The Morgan fingerprint density at radius 1 is 1.13 bits per heavy atom. The topological polar surface area (TPSA) is 94.0 Å². The van der Waals surface area contributed by atoms with E-state index in [0.717, 1.165) is 36.2 Å². The number of nitrogens with one attached hydrogen (secondary N) is 1. The summed E-state index contributed by atoms with van der Waals surface area (Å²) in [5.74, 6) is 0.954. The van der Waals surface area contributed by atoms with Crippen LogP contribution in [0, 0.1) is 6.92 Å². The smallest absolute Gasteiger partial charge is 0.229 e. The highest BCUT2D eigenvalue weighted by molar-refractivity contribution is 7.99. The Morgan fingerprint density at radius 2 is 1.87 bits per heavy atom. The summed E-state index contributed by atoms with van der Waals surface area (Å²) in [5.41, 5.74) is 3.09. The van der Waals surface area contributed by atoms with E-state index in [-0.39, 0.29) is 11.5 Å². The Hall–Kier alpha value is -2.65. The van der Waals surface area contributed by atoms with Crippen molar-refractivity contribution in [2.24, 2.45) is 0 Å². The lowest BCUT2D eigenvalue weighted by Gasteiger charge is -2.09. The minimum absolute atomic E-state index is 0.0611. The Balaban J connectivity index is 1.73. The summed E-state index contributed by atoms with van der Waals surface area (Å²) in [6.45, 7) is 4.89. The molecule has 3 aromatic rings. The summed E-state index contributed by atoms with van der Waals surface area (Å²) < 4.78 is 27.0. The lowest BCUT2D eigenvalue weighted by molar-refractivity contribution is 0.102. The Bertz CT molecular complexity index is 1140. The second-order valence-corrected chi connectivity index (χ2v) is 9.68. The summed E-state index contributed by atoms with van der Waals surface area (Å²) in [7, 11) is -3.35. The Labute approximate surface area is 181 Å². The number of carbonyl (C=O) groups excluding carboxylic acids is 1. The zero-order chi connectivity index (χ0) is 21.7. The standard InChI is InChI=1S/C21H24N4O3S2/c1-4-12-25-20(17-7-5-6-15(2)13-17)22-23-21(25)29-14-19(26)16-8-10-18(11-9-16)24-30(3,27)28/h5-11,13,24H,4,12,14H2,1-3H3. The van der Waals surface area contributed by atoms with E-state index in [1.165, 1.54) is 11.8 Å². The Morgan fingerprint density at radius 3 is 2.50 bits per heavy atom. The molecule has 1 heterocycles. The Kier molecular flexibility index (Phi) is 6.94. The summed E-state index contributed by atoms with van der Waals surface area (Å²) >= 11 is 1.35. The van der Waals surface area contributed by atoms with Crippen molar-refractivity contribution in [2.45, 2.75) is 32.0 Å². The first kappa shape index (κ1) is 22.0. The molecule has 1 aromatic heterocycles. The van der Waals surface area contributed by atoms with Gasteiger partial charge in [0.15, 0.2) is 16.8 Å². The first-order chi connectivity index (χ1) is 14.3. The minimum Gasteiger partial charge on any atom is -0.302 e. The highest BCUT2D eigenvalue weighted by Crippen LogP contribution is 2.26. The van der Waals surface area contributed by atoms with Crippen molar-refractivity contribution >= 4 is 33.3 Å². The van der Waals surface area contributed by atoms with Gasteiger partial charge < -0.3 is 4.57 Å². The number of carbonyl (C=O) groups is 1. The van der Waals surface area contributed by atoms with Gasteiger partial charge in [0.1, 0.15) is 0 Å². The number of benzene rings is 2. The second-order valence-electron chi connectivity index (χ2n) is 6.99. The number of aryl methyl sites for hydroxylation is 1. The molecular weight excluding hydrogens is 420 g/mol. The van der Waals surface area contributed by atoms with Crippen LogP contribution in [-0.2, 0) is 16.6 Å². The molecule has 0 aliphatic rings. The maximum atomic E-state index is 12.6. The normalized spacial score (nSPS) is 11.4. The molecule has 0 amide bonds. The average Bonchev–Trinajstić information content (AvgIpc) is 3.08. The predicted octanol–water partition coefficient (Wildman–Crippen LogP) is 4.01. The number of rotatable bonds is 9. The van der Waals surface area contributed by atoms with Gasteiger partial charge in [-0.1, -0.05) is 42.4 Å². The van der Waals surface area contributed by atoms with Crippen molar-refractivity contribution in [1.82, 2.24) is 14.8 Å². The molecule has 0 aliphatic heterocycles. The van der Waals surface area contributed by atoms with E-state index in [2.05, 4.69) is 27.9 Å². The maximum absolute atomic E-state index is 12.6. The molecule has 0 saturated carbocycles. The van der Waals surface area contributed by atoms with Crippen molar-refractivity contribution in [2.75, 3.05) is 16.7 Å². The van der Waals surface area contributed by atoms with E-state index in [1.54, 1.807) is 24.3 Å². The van der Waals surface area contributed by atoms with Gasteiger partial charge in [0, 0.05) is 23.4 Å². The molecule has 0 fully saturated rings. The highest BCUT2D eigenvalue weighted by Gasteiger charge is 2.16. The van der Waals surface area contributed by atoms with Gasteiger partial charge in [0.25, 0.3) is 0 Å². The molecule has 2 aromatic carbocycles. The van der Waals surface area contributed by atoms with Crippen molar-refractivity contribution < 1.29 is 13.2 Å². The van der Waals surface area contributed by atoms with Crippen molar-refractivity contribution in [1.29, 1.82) is 0 Å². The minimum atomic E-state index is -3.35. The molecule has 0 saturated heterocycles. The summed E-state index contributed by atoms with van der Waals surface area (Å²) in [5, 5.41) is 9.37. The molecule has 158 valence electrons. The van der Waals surface area contributed by atoms with Gasteiger partial charge in [-0.05, 0) is 43.7 Å². The van der Waals surface area contributed by atoms with Crippen LogP contribution in [0.1, 0.15) is 29.3 Å². The molecule has 1 N–H and O–H groups in total. The number of sulfonamides is 1. The molecule has 3 rings (SSSR count). The zero-order valence-corrected chi connectivity index (χ0v) is 18.8. The summed E-state index contributed by atoms with van der Waals surface area (Å²) in [4.78, 5) is 12.6. The number of hydrogen-bond donors (Lipinski definition) is 1. The third kappa shape index (κ3) is 5.70. The number of aromatic nitrogens is 3. The van der Waals surface area contributed by atoms with E-state index in [4.69, 9.17) is 0 Å². The fourth-order valence-electron chi connectivity index (χ4n) is 2.97. The van der Waals surface area contributed by atoms with Crippen LogP contribution >= 0.6 is 11.8 Å². The van der Waals surface area contributed by atoms with Gasteiger partial charge in [0.05, 0.1) is 12.0 Å². The van der Waals surface area contributed by atoms with Crippen LogP contribution in [-0.4, -0.2) is 41.0 Å². The van der Waals surface area contributed by atoms with Gasteiger partial charge in [-0.2, -0.15) is 0 Å². The number of hydrogen-bond acceptors (Lipinski definition) is 6. The lowest BCUT2D eigenvalue weighted by Crippen LogP contribution is -2.10. The number of Topliss-reactive ketones (excluding diaryl/α,β-unsaturated/α-hetero) is 1. The molecule has 0 radical (unpaired) electrons. The van der Waals surface area contributed by atoms with Gasteiger partial charge in [-0.3, -0.25) is 9.52 Å². The number of thioether (sulfide) groups is 1. The van der Waals surface area contributed by atoms with Crippen LogP contribution in [0.3, 0.4) is 0 Å². The van der Waals surface area contributed by atoms with Crippen LogP contribution in [0.15, 0.2) is 53.7 Å². The van der Waals surface area contributed by atoms with Crippen LogP contribution in [0.25, 0.3) is 11.4 Å². The molecule has 0 spiro atoms. The van der Waals surface area contributed by atoms with Crippen molar-refractivity contribution in [3.63, 3.8) is 0 Å². The average molecular weight is 445 g/mol. The maximum Gasteiger partial charge on any atom is 0.229 e. The largest absolute Gasteiger partial charge is 0.302 e. The quantitative estimate of drug-likeness (QED) is 0.396. The van der Waals surface area contributed by atoms with Crippen LogP contribution in [0.2, 0.25) is 0 Å². The van der Waals surface area contributed by atoms with Gasteiger partial charge >= 0.3 is 0 Å². The number of nitrogens with zero attached hydrogens (tertiary/aromatic N) is 3. The molecule has 7 nitrogen and oxygen atoms in total. The fourth-order valence-corrected chi connectivity index (χ4v) is 4.39. The first-order valence-electron chi connectivity index (χ1n) is 9.51. The highest BCUT2D eigenvalue weighted by atomic mass is 32.2. The number of anilines is 1. The van der Waals surface area contributed by atoms with E-state index < -0.39 is 10.0 Å². The number of ketones is 1. The summed E-state index contributed by atoms with van der Waals surface area (Å²) in [6, 6.07) is 14.5. The SMILES string of the molecule is CCCn1c(SCC(=O)c2ccc(NS(C)(=O)=O)cc2)nnc1-c1cccc(C)c1. The molecule has 0 aliphatic carbocycles. The van der Waals surface area contributed by atoms with E-state index >= 15 is 0 Å². The van der Waals surface area contributed by atoms with Crippen molar-refractivity contribution in [3.8, 4) is 11.4 Å². The van der Waals surface area contributed by atoms with Gasteiger partial charge in [-0.25, -0.2) is 8.42 Å². The van der Waals surface area contributed by atoms with E-state index in [0.29, 0.717) is 16.4 Å². The second kappa shape index (κ2) is 9.44. The van der Waals surface area contributed by atoms with Crippen LogP contribution < -0.4 is 4.72 Å². The zero-order valence-electron chi connectivity index (χ0n) is 17.1. The van der Waals surface area contributed by atoms with Gasteiger partial charge in [-0.15, -0.1) is 10.2 Å². The van der Waals surface area contributed by atoms with E-state index in [1.807, 2.05) is 29.7 Å². The summed E-state index contributed by atoms with van der Waals surface area (Å²) in [6.07, 6.45) is 2.01. The van der Waals surface area contributed by atoms with Crippen LogP contribution in [0.4, 0.5) is 5.69 Å². The van der Waals surface area contributed by atoms with E-state index in [9.17, 15) is 13.2 Å². The monoisotopic (exact) mass is 444 g/mol. The third-order valence-corrected chi connectivity index (χ3v) is 5.86. The van der Waals surface area contributed by atoms with Gasteiger partial charge in [0.2, 0.25) is 10.0 Å². The molecule has 9 heteroatoms. The third-order valence-electron chi connectivity index (χ3n) is 4.28. The van der Waals surface area contributed by atoms with Crippen molar-refractivity contribution in [3.05, 3.63) is 59.7 Å². The lowest BCUT2D eigenvalue weighted by atomic mass is 10.1. The molecular formula is C21H24N4O3S2. The van der Waals surface area contributed by atoms with Crippen LogP contribution in [0.5, 0.6) is 0 Å². The molecule has 0 atom stereocenters. The molecule has 0 unspecified atom stereocenters. The molecule has 30 heavy (non-hydrogen) atoms. The first-order valence-corrected chi connectivity index (χ1v) is 12.4. The predicted molar refractivity (Wildman–Crippen MR) is 120 cm³/mol. The molecule has 0 bridgehead atoms.